The molecule has 0 aromatic rings. The first kappa shape index (κ1) is 9.40. The van der Waals surface area contributed by atoms with Crippen LogP contribution < -0.4 is 5.73 Å². The molecule has 1 heterocycles. The predicted octanol–water partition coefficient (Wildman–Crippen LogP) is 0.183. The number of allylic oxidation sites excluding steroid dienone is 2. The van der Waals surface area contributed by atoms with Gasteiger partial charge in [-0.15, -0.1) is 0 Å². The molecular weight excluding hydrogens is 180 g/mol. The Morgan fingerprint density at radius 3 is 2.71 bits per heavy atom. The predicted molar refractivity (Wildman–Crippen MR) is 51.2 cm³/mol. The molecule has 2 N–H and O–H groups in total. The van der Waals surface area contributed by atoms with Gasteiger partial charge in [-0.05, 0) is 12.8 Å². The van der Waals surface area contributed by atoms with E-state index in [0.717, 1.165) is 18.5 Å². The molecule has 0 saturated carbocycles. The van der Waals surface area contributed by atoms with Gasteiger partial charge in [-0.1, -0.05) is 0 Å². The Bertz CT molecular complexity index is 309. The van der Waals surface area contributed by atoms with Gasteiger partial charge in [-0.25, -0.2) is 0 Å². The van der Waals surface area contributed by atoms with Crippen LogP contribution in [-0.2, 0) is 9.59 Å². The first-order chi connectivity index (χ1) is 6.66. The van der Waals surface area contributed by atoms with Crippen molar-refractivity contribution in [2.45, 2.75) is 31.7 Å². The Morgan fingerprint density at radius 1 is 1.36 bits per heavy atom. The standard InChI is InChI=1S/C10H14N2O2/c11-7-4-10(14)12(6-7)8-2-1-3-9(13)5-8/h5,7H,1-4,6,11H2. The van der Waals surface area contributed by atoms with Crippen molar-refractivity contribution in [3.63, 3.8) is 0 Å². The molecule has 0 spiro atoms. The first-order valence-corrected chi connectivity index (χ1v) is 4.96. The largest absolute Gasteiger partial charge is 0.326 e. The lowest BCUT2D eigenvalue weighted by Gasteiger charge is -2.22. The minimum Gasteiger partial charge on any atom is -0.326 e. The summed E-state index contributed by atoms with van der Waals surface area (Å²) in [6.07, 6.45) is 4.29. The highest BCUT2D eigenvalue weighted by atomic mass is 16.2. The molecule has 1 unspecified atom stereocenters. The normalized spacial score (nSPS) is 28.2. The Labute approximate surface area is 82.7 Å². The van der Waals surface area contributed by atoms with Crippen LogP contribution >= 0.6 is 0 Å². The van der Waals surface area contributed by atoms with Crippen molar-refractivity contribution in [3.8, 4) is 0 Å². The van der Waals surface area contributed by atoms with Gasteiger partial charge in [-0.2, -0.15) is 0 Å². The molecule has 1 fully saturated rings. The number of carbonyl (C=O) groups excluding carboxylic acids is 2. The van der Waals surface area contributed by atoms with Crippen LogP contribution in [0, 0.1) is 0 Å². The second kappa shape index (κ2) is 3.53. The Balaban J connectivity index is 2.15. The Morgan fingerprint density at radius 2 is 2.14 bits per heavy atom. The fourth-order valence-corrected chi connectivity index (χ4v) is 2.00. The van der Waals surface area contributed by atoms with E-state index in [1.807, 2.05) is 0 Å². The lowest BCUT2D eigenvalue weighted by molar-refractivity contribution is -0.126. The van der Waals surface area contributed by atoms with Gasteiger partial charge in [0.25, 0.3) is 0 Å². The zero-order valence-corrected chi connectivity index (χ0v) is 8.03. The average molecular weight is 194 g/mol. The molecule has 2 rings (SSSR count). The number of nitrogens with zero attached hydrogens (tertiary/aromatic N) is 1. The lowest BCUT2D eigenvalue weighted by atomic mass is 10.0. The molecule has 1 saturated heterocycles. The fourth-order valence-electron chi connectivity index (χ4n) is 2.00. The van der Waals surface area contributed by atoms with Crippen molar-refractivity contribution in [3.05, 3.63) is 11.8 Å². The molecular formula is C10H14N2O2. The number of hydrogen-bond donors (Lipinski definition) is 1. The number of ketones is 1. The monoisotopic (exact) mass is 194 g/mol. The zero-order chi connectivity index (χ0) is 10.1. The molecule has 2 aliphatic rings. The summed E-state index contributed by atoms with van der Waals surface area (Å²) in [6, 6.07) is -0.0690. The summed E-state index contributed by atoms with van der Waals surface area (Å²) < 4.78 is 0. The van der Waals surface area contributed by atoms with Crippen molar-refractivity contribution in [1.82, 2.24) is 4.90 Å². The molecule has 4 heteroatoms. The van der Waals surface area contributed by atoms with Crippen LogP contribution in [0.4, 0.5) is 0 Å². The fraction of sp³-hybridized carbons (Fsp3) is 0.600. The van der Waals surface area contributed by atoms with Crippen LogP contribution in [0.25, 0.3) is 0 Å². The van der Waals surface area contributed by atoms with Crippen LogP contribution in [-0.4, -0.2) is 29.2 Å². The van der Waals surface area contributed by atoms with E-state index >= 15 is 0 Å². The third kappa shape index (κ3) is 1.70. The highest BCUT2D eigenvalue weighted by Crippen LogP contribution is 2.23. The lowest BCUT2D eigenvalue weighted by Crippen LogP contribution is -2.29. The van der Waals surface area contributed by atoms with E-state index in [4.69, 9.17) is 5.73 Å². The van der Waals surface area contributed by atoms with E-state index in [-0.39, 0.29) is 17.7 Å². The molecule has 1 atom stereocenters. The maximum absolute atomic E-state index is 11.5. The van der Waals surface area contributed by atoms with Gasteiger partial charge in [0.1, 0.15) is 0 Å². The molecule has 4 nitrogen and oxygen atoms in total. The SMILES string of the molecule is NC1CC(=O)N(C2=CC(=O)CCC2)C1. The van der Waals surface area contributed by atoms with Crippen LogP contribution in [0.15, 0.2) is 11.8 Å². The van der Waals surface area contributed by atoms with E-state index in [1.54, 1.807) is 11.0 Å². The summed E-state index contributed by atoms with van der Waals surface area (Å²) in [5.74, 6) is 0.179. The second-order valence-corrected chi connectivity index (χ2v) is 3.92. The number of amides is 1. The van der Waals surface area contributed by atoms with E-state index in [0.29, 0.717) is 19.4 Å². The highest BCUT2D eigenvalue weighted by molar-refractivity contribution is 5.92. The summed E-state index contributed by atoms with van der Waals surface area (Å²) in [6.45, 7) is 0.567. The van der Waals surface area contributed by atoms with Crippen molar-refractivity contribution < 1.29 is 9.59 Å². The maximum Gasteiger partial charge on any atom is 0.228 e. The summed E-state index contributed by atoms with van der Waals surface area (Å²) in [4.78, 5) is 24.3. The molecule has 1 aliphatic carbocycles. The number of nitrogens with two attached hydrogens (primary N) is 1. The van der Waals surface area contributed by atoms with Gasteiger partial charge in [-0.3, -0.25) is 9.59 Å². The number of hydrogen-bond acceptors (Lipinski definition) is 3. The molecule has 0 bridgehead atoms. The van der Waals surface area contributed by atoms with Crippen LogP contribution in [0.3, 0.4) is 0 Å². The maximum atomic E-state index is 11.5. The smallest absolute Gasteiger partial charge is 0.228 e. The zero-order valence-electron chi connectivity index (χ0n) is 8.03. The molecule has 14 heavy (non-hydrogen) atoms. The highest BCUT2D eigenvalue weighted by Gasteiger charge is 2.30. The third-order valence-electron chi connectivity index (χ3n) is 2.69. The van der Waals surface area contributed by atoms with E-state index < -0.39 is 0 Å². The minimum absolute atomic E-state index is 0.0541. The van der Waals surface area contributed by atoms with Crippen molar-refractivity contribution >= 4 is 11.7 Å². The van der Waals surface area contributed by atoms with Crippen LogP contribution in [0.2, 0.25) is 0 Å². The Hall–Kier alpha value is -1.16. The average Bonchev–Trinajstić information content (AvgIpc) is 2.45. The summed E-state index contributed by atoms with van der Waals surface area (Å²) in [5.41, 5.74) is 6.54. The molecule has 76 valence electrons. The summed E-state index contributed by atoms with van der Waals surface area (Å²) in [5, 5.41) is 0. The minimum atomic E-state index is -0.0690. The Kier molecular flexibility index (Phi) is 2.37. The number of rotatable bonds is 1. The summed E-state index contributed by atoms with van der Waals surface area (Å²) in [7, 11) is 0. The van der Waals surface area contributed by atoms with Crippen molar-refractivity contribution in [1.29, 1.82) is 0 Å². The quantitative estimate of drug-likeness (QED) is 0.647. The van der Waals surface area contributed by atoms with E-state index in [9.17, 15) is 9.59 Å². The van der Waals surface area contributed by atoms with Crippen LogP contribution in [0.5, 0.6) is 0 Å². The molecule has 1 aliphatic heterocycles. The third-order valence-corrected chi connectivity index (χ3v) is 2.69. The second-order valence-electron chi connectivity index (χ2n) is 3.92. The molecule has 0 aromatic heterocycles. The summed E-state index contributed by atoms with van der Waals surface area (Å²) >= 11 is 0. The first-order valence-electron chi connectivity index (χ1n) is 4.96. The van der Waals surface area contributed by atoms with Gasteiger partial charge >= 0.3 is 0 Å². The molecule has 1 amide bonds. The van der Waals surface area contributed by atoms with Gasteiger partial charge in [0, 0.05) is 37.2 Å². The van der Waals surface area contributed by atoms with Gasteiger partial charge < -0.3 is 10.6 Å². The van der Waals surface area contributed by atoms with E-state index in [2.05, 4.69) is 0 Å². The number of carbonyl (C=O) groups is 2. The van der Waals surface area contributed by atoms with E-state index in [1.165, 1.54) is 0 Å². The van der Waals surface area contributed by atoms with Gasteiger partial charge in [0.05, 0.1) is 0 Å². The van der Waals surface area contributed by atoms with Crippen molar-refractivity contribution in [2.75, 3.05) is 6.54 Å². The van der Waals surface area contributed by atoms with Gasteiger partial charge in [0.15, 0.2) is 5.78 Å². The molecule has 0 aromatic carbocycles. The van der Waals surface area contributed by atoms with Gasteiger partial charge in [0.2, 0.25) is 5.91 Å². The topological polar surface area (TPSA) is 63.4 Å². The van der Waals surface area contributed by atoms with Crippen molar-refractivity contribution in [2.24, 2.45) is 5.73 Å². The van der Waals surface area contributed by atoms with Crippen LogP contribution in [0.1, 0.15) is 25.7 Å². The number of likely N-dealkylation sites (tertiary alicyclic amines) is 1. The molecule has 0 radical (unpaired) electrons.